The molecular formula is C15H17ClN2O2. The smallest absolute Gasteiger partial charge is 0.226 e. The maximum Gasteiger partial charge on any atom is 0.226 e. The molecule has 0 amide bonds. The minimum atomic E-state index is 0.104. The topological polar surface area (TPSA) is 49.5 Å². The Morgan fingerprint density at radius 3 is 3.00 bits per heavy atom. The number of halogens is 1. The van der Waals surface area contributed by atoms with Crippen LogP contribution in [0.4, 0.5) is 0 Å². The molecular weight excluding hydrogens is 276 g/mol. The predicted molar refractivity (Wildman–Crippen MR) is 79.5 cm³/mol. The molecule has 0 unspecified atom stereocenters. The van der Waals surface area contributed by atoms with Crippen molar-refractivity contribution in [3.05, 3.63) is 53.9 Å². The van der Waals surface area contributed by atoms with Gasteiger partial charge in [-0.1, -0.05) is 23.7 Å². The number of aromatic nitrogens is 1. The van der Waals surface area contributed by atoms with Crippen LogP contribution < -0.4 is 0 Å². The lowest BCUT2D eigenvalue weighted by molar-refractivity contribution is 0.202. The molecule has 0 fully saturated rings. The van der Waals surface area contributed by atoms with Crippen LogP contribution in [0.5, 0.6) is 0 Å². The highest BCUT2D eigenvalue weighted by molar-refractivity contribution is 6.30. The van der Waals surface area contributed by atoms with Crippen molar-refractivity contribution in [3.63, 3.8) is 0 Å². The molecule has 0 spiro atoms. The minimum Gasteiger partial charge on any atom is -0.444 e. The molecule has 1 aromatic carbocycles. The quantitative estimate of drug-likeness (QED) is 0.797. The van der Waals surface area contributed by atoms with Gasteiger partial charge in [-0.15, -0.1) is 6.58 Å². The molecule has 5 heteroatoms. The summed E-state index contributed by atoms with van der Waals surface area (Å²) in [5.74, 6) is 0.546. The van der Waals surface area contributed by atoms with Gasteiger partial charge in [-0.3, -0.25) is 4.90 Å². The molecule has 1 N–H and O–H groups in total. The lowest BCUT2D eigenvalue weighted by Gasteiger charge is -2.17. The molecule has 0 aliphatic rings. The Bertz CT molecular complexity index is 569. The van der Waals surface area contributed by atoms with Gasteiger partial charge in [0.2, 0.25) is 5.89 Å². The SMILES string of the molecule is C=CCN(CCO)Cc1coc(-c2cccc(Cl)c2)n1. The first kappa shape index (κ1) is 14.8. The fraction of sp³-hybridized carbons (Fsp3) is 0.267. The number of aliphatic hydroxyl groups excluding tert-OH is 1. The van der Waals surface area contributed by atoms with Crippen LogP contribution >= 0.6 is 11.6 Å². The van der Waals surface area contributed by atoms with E-state index in [2.05, 4.69) is 11.6 Å². The predicted octanol–water partition coefficient (Wildman–Crippen LogP) is 2.98. The maximum atomic E-state index is 9.02. The van der Waals surface area contributed by atoms with Crippen LogP contribution in [-0.4, -0.2) is 34.7 Å². The van der Waals surface area contributed by atoms with E-state index in [1.165, 1.54) is 0 Å². The first-order valence-corrected chi connectivity index (χ1v) is 6.75. The molecule has 2 rings (SSSR count). The van der Waals surface area contributed by atoms with Gasteiger partial charge in [-0.25, -0.2) is 4.98 Å². The van der Waals surface area contributed by atoms with Gasteiger partial charge in [-0.05, 0) is 18.2 Å². The van der Waals surface area contributed by atoms with Gasteiger partial charge in [0.15, 0.2) is 0 Å². The molecule has 0 aliphatic carbocycles. The molecule has 20 heavy (non-hydrogen) atoms. The summed E-state index contributed by atoms with van der Waals surface area (Å²) < 4.78 is 5.48. The van der Waals surface area contributed by atoms with Crippen molar-refractivity contribution in [1.82, 2.24) is 9.88 Å². The van der Waals surface area contributed by atoms with Gasteiger partial charge in [0.25, 0.3) is 0 Å². The third-order valence-corrected chi connectivity index (χ3v) is 3.05. The van der Waals surface area contributed by atoms with Gasteiger partial charge in [0.05, 0.1) is 12.3 Å². The van der Waals surface area contributed by atoms with E-state index in [1.54, 1.807) is 12.3 Å². The van der Waals surface area contributed by atoms with Gasteiger partial charge in [0.1, 0.15) is 6.26 Å². The van der Waals surface area contributed by atoms with Crippen LogP contribution in [0.1, 0.15) is 5.69 Å². The van der Waals surface area contributed by atoms with Crippen molar-refractivity contribution in [2.45, 2.75) is 6.54 Å². The largest absolute Gasteiger partial charge is 0.444 e. The van der Waals surface area contributed by atoms with Crippen LogP contribution in [0.25, 0.3) is 11.5 Å². The zero-order chi connectivity index (χ0) is 14.4. The van der Waals surface area contributed by atoms with Crippen molar-refractivity contribution in [2.75, 3.05) is 19.7 Å². The van der Waals surface area contributed by atoms with E-state index in [0.29, 0.717) is 30.5 Å². The van der Waals surface area contributed by atoms with E-state index in [1.807, 2.05) is 29.2 Å². The zero-order valence-electron chi connectivity index (χ0n) is 11.1. The van der Waals surface area contributed by atoms with E-state index >= 15 is 0 Å². The Morgan fingerprint density at radius 2 is 2.30 bits per heavy atom. The molecule has 1 heterocycles. The molecule has 0 bridgehead atoms. The van der Waals surface area contributed by atoms with E-state index in [4.69, 9.17) is 21.1 Å². The van der Waals surface area contributed by atoms with Crippen LogP contribution in [0, 0.1) is 0 Å². The third-order valence-electron chi connectivity index (χ3n) is 2.81. The van der Waals surface area contributed by atoms with Gasteiger partial charge < -0.3 is 9.52 Å². The summed E-state index contributed by atoms with van der Waals surface area (Å²) in [5.41, 5.74) is 1.66. The first-order chi connectivity index (χ1) is 9.72. The molecule has 0 saturated carbocycles. The molecule has 106 valence electrons. The Morgan fingerprint density at radius 1 is 1.45 bits per heavy atom. The summed E-state index contributed by atoms with van der Waals surface area (Å²) in [6.07, 6.45) is 3.43. The van der Waals surface area contributed by atoms with Gasteiger partial charge in [-0.2, -0.15) is 0 Å². The lowest BCUT2D eigenvalue weighted by Crippen LogP contribution is -2.26. The van der Waals surface area contributed by atoms with Crippen molar-refractivity contribution in [1.29, 1.82) is 0 Å². The molecule has 0 saturated heterocycles. The second-order valence-corrected chi connectivity index (χ2v) is 4.84. The van der Waals surface area contributed by atoms with E-state index in [0.717, 1.165) is 11.3 Å². The number of oxazole rings is 1. The molecule has 0 radical (unpaired) electrons. The van der Waals surface area contributed by atoms with Crippen molar-refractivity contribution in [2.24, 2.45) is 0 Å². The first-order valence-electron chi connectivity index (χ1n) is 6.37. The lowest BCUT2D eigenvalue weighted by atomic mass is 10.2. The van der Waals surface area contributed by atoms with Crippen molar-refractivity contribution >= 4 is 11.6 Å². The number of hydrogen-bond donors (Lipinski definition) is 1. The average molecular weight is 293 g/mol. The van der Waals surface area contributed by atoms with Crippen LogP contribution in [0.2, 0.25) is 5.02 Å². The number of hydrogen-bond acceptors (Lipinski definition) is 4. The molecule has 1 aromatic heterocycles. The maximum absolute atomic E-state index is 9.02. The van der Waals surface area contributed by atoms with Gasteiger partial charge >= 0.3 is 0 Å². The van der Waals surface area contributed by atoms with E-state index in [-0.39, 0.29) is 6.61 Å². The highest BCUT2D eigenvalue weighted by atomic mass is 35.5. The average Bonchev–Trinajstić information content (AvgIpc) is 2.88. The molecule has 0 aliphatic heterocycles. The summed E-state index contributed by atoms with van der Waals surface area (Å²) in [6.45, 7) is 5.69. The fourth-order valence-electron chi connectivity index (χ4n) is 1.92. The van der Waals surface area contributed by atoms with Crippen LogP contribution in [-0.2, 0) is 6.54 Å². The number of aliphatic hydroxyl groups is 1. The second-order valence-electron chi connectivity index (χ2n) is 4.40. The Balaban J connectivity index is 2.10. The number of benzene rings is 1. The molecule has 0 atom stereocenters. The standard InChI is InChI=1S/C15H17ClN2O2/c1-2-6-18(7-8-19)10-14-11-20-15(17-14)12-4-3-5-13(16)9-12/h2-5,9,11,19H,1,6-8,10H2. The fourth-order valence-corrected chi connectivity index (χ4v) is 2.11. The Labute approximate surface area is 123 Å². The normalized spacial score (nSPS) is 10.9. The summed E-state index contributed by atoms with van der Waals surface area (Å²) >= 11 is 5.95. The number of rotatable bonds is 7. The van der Waals surface area contributed by atoms with Crippen molar-refractivity contribution < 1.29 is 9.52 Å². The van der Waals surface area contributed by atoms with Gasteiger partial charge in [0, 0.05) is 30.2 Å². The Hall–Kier alpha value is -1.62. The highest BCUT2D eigenvalue weighted by Crippen LogP contribution is 2.22. The summed E-state index contributed by atoms with van der Waals surface area (Å²) in [7, 11) is 0. The monoisotopic (exact) mass is 292 g/mol. The zero-order valence-corrected chi connectivity index (χ0v) is 11.9. The molecule has 4 nitrogen and oxygen atoms in total. The summed E-state index contributed by atoms with van der Waals surface area (Å²) in [5, 5.41) is 9.67. The van der Waals surface area contributed by atoms with E-state index in [9.17, 15) is 0 Å². The highest BCUT2D eigenvalue weighted by Gasteiger charge is 2.10. The Kier molecular flexibility index (Phi) is 5.35. The molecule has 2 aromatic rings. The summed E-state index contributed by atoms with van der Waals surface area (Å²) in [6, 6.07) is 7.38. The van der Waals surface area contributed by atoms with E-state index < -0.39 is 0 Å². The second kappa shape index (κ2) is 7.24. The minimum absolute atomic E-state index is 0.104. The third kappa shape index (κ3) is 3.93. The van der Waals surface area contributed by atoms with Crippen LogP contribution in [0.3, 0.4) is 0 Å². The van der Waals surface area contributed by atoms with Crippen molar-refractivity contribution in [3.8, 4) is 11.5 Å². The number of nitrogens with zero attached hydrogens (tertiary/aromatic N) is 2. The summed E-state index contributed by atoms with van der Waals surface area (Å²) in [4.78, 5) is 6.48. The van der Waals surface area contributed by atoms with Crippen LogP contribution in [0.15, 0.2) is 47.6 Å².